The number of amides is 2. The number of benzene rings is 2. The minimum atomic E-state index is -0.653. The van der Waals surface area contributed by atoms with E-state index in [1.165, 1.54) is 5.69 Å². The minimum absolute atomic E-state index is 0.0636. The van der Waals surface area contributed by atoms with Crippen LogP contribution in [0.2, 0.25) is 0 Å². The number of carbonyl (C=O) groups excluding carboxylic acids is 2. The second-order valence-electron chi connectivity index (χ2n) is 8.34. The Hall–Kier alpha value is -3.71. The zero-order chi connectivity index (χ0) is 23.8. The van der Waals surface area contributed by atoms with Crippen LogP contribution < -0.4 is 15.5 Å². The normalized spacial score (nSPS) is 14.9. The first kappa shape index (κ1) is 23.4. The molecule has 34 heavy (non-hydrogen) atoms. The van der Waals surface area contributed by atoms with E-state index < -0.39 is 11.8 Å². The number of para-hydroxylation sites is 2. The van der Waals surface area contributed by atoms with Gasteiger partial charge in [0.1, 0.15) is 0 Å². The summed E-state index contributed by atoms with van der Waals surface area (Å²) in [6.07, 6.45) is 4.35. The van der Waals surface area contributed by atoms with E-state index in [2.05, 4.69) is 49.7 Å². The highest BCUT2D eigenvalue weighted by molar-refractivity contribution is 6.39. The van der Waals surface area contributed by atoms with E-state index in [1.807, 2.05) is 55.6 Å². The topological polar surface area (TPSA) is 77.6 Å². The van der Waals surface area contributed by atoms with Gasteiger partial charge in [-0.3, -0.25) is 19.5 Å². The van der Waals surface area contributed by atoms with Crippen molar-refractivity contribution in [3.8, 4) is 0 Å². The summed E-state index contributed by atoms with van der Waals surface area (Å²) in [6.45, 7) is 5.83. The van der Waals surface area contributed by atoms with Gasteiger partial charge >= 0.3 is 11.8 Å². The summed E-state index contributed by atoms with van der Waals surface area (Å²) in [5.74, 6) is -1.29. The molecule has 2 amide bonds. The first-order valence-electron chi connectivity index (χ1n) is 11.8. The Kier molecular flexibility index (Phi) is 7.88. The first-order valence-corrected chi connectivity index (χ1v) is 11.8. The lowest BCUT2D eigenvalue weighted by Crippen LogP contribution is -2.50. The Labute approximate surface area is 200 Å². The highest BCUT2D eigenvalue weighted by Crippen LogP contribution is 2.23. The smallest absolute Gasteiger partial charge is 0.313 e. The number of anilines is 2. The SMILES string of the molecule is CCc1ccccc1NC(=O)C(=O)NC[C@H](c1cccnc1)N1CCN(c2ccccc2)CC1. The molecular weight excluding hydrogens is 426 g/mol. The first-order chi connectivity index (χ1) is 16.7. The lowest BCUT2D eigenvalue weighted by Gasteiger charge is -2.40. The Bertz CT molecular complexity index is 1080. The van der Waals surface area contributed by atoms with Crippen molar-refractivity contribution in [1.29, 1.82) is 0 Å². The number of aryl methyl sites for hydroxylation is 1. The fourth-order valence-electron chi connectivity index (χ4n) is 4.36. The van der Waals surface area contributed by atoms with Crippen LogP contribution in [0, 0.1) is 0 Å². The summed E-state index contributed by atoms with van der Waals surface area (Å²) < 4.78 is 0. The minimum Gasteiger partial charge on any atom is -0.369 e. The highest BCUT2D eigenvalue weighted by atomic mass is 16.2. The molecule has 0 radical (unpaired) electrons. The monoisotopic (exact) mass is 457 g/mol. The number of piperazine rings is 1. The fourth-order valence-corrected chi connectivity index (χ4v) is 4.36. The van der Waals surface area contributed by atoms with Crippen LogP contribution in [-0.4, -0.2) is 54.4 Å². The van der Waals surface area contributed by atoms with Crippen molar-refractivity contribution in [2.24, 2.45) is 0 Å². The second kappa shape index (κ2) is 11.4. The molecule has 0 saturated carbocycles. The molecule has 2 heterocycles. The van der Waals surface area contributed by atoms with Crippen LogP contribution >= 0.6 is 0 Å². The van der Waals surface area contributed by atoms with Crippen molar-refractivity contribution in [3.05, 3.63) is 90.3 Å². The molecule has 1 atom stereocenters. The van der Waals surface area contributed by atoms with Gasteiger partial charge in [-0.2, -0.15) is 0 Å². The number of aromatic nitrogens is 1. The Morgan fingerprint density at radius 3 is 2.35 bits per heavy atom. The quantitative estimate of drug-likeness (QED) is 0.533. The maximum absolute atomic E-state index is 12.6. The van der Waals surface area contributed by atoms with Crippen molar-refractivity contribution < 1.29 is 9.59 Å². The van der Waals surface area contributed by atoms with Crippen LogP contribution in [0.1, 0.15) is 24.1 Å². The maximum atomic E-state index is 12.6. The molecule has 1 aliphatic rings. The Morgan fingerprint density at radius 1 is 0.912 bits per heavy atom. The van der Waals surface area contributed by atoms with Crippen molar-refractivity contribution >= 4 is 23.2 Å². The molecular formula is C27H31N5O2. The molecule has 7 heteroatoms. The van der Waals surface area contributed by atoms with Gasteiger partial charge < -0.3 is 15.5 Å². The molecule has 0 spiro atoms. The van der Waals surface area contributed by atoms with Gasteiger partial charge in [0.15, 0.2) is 0 Å². The molecule has 2 aromatic carbocycles. The van der Waals surface area contributed by atoms with Gasteiger partial charge in [-0.25, -0.2) is 0 Å². The van der Waals surface area contributed by atoms with E-state index in [4.69, 9.17) is 0 Å². The largest absolute Gasteiger partial charge is 0.369 e. The fraction of sp³-hybridized carbons (Fsp3) is 0.296. The zero-order valence-corrected chi connectivity index (χ0v) is 19.5. The molecule has 0 aliphatic carbocycles. The molecule has 2 N–H and O–H groups in total. The predicted octanol–water partition coefficient (Wildman–Crippen LogP) is 3.26. The van der Waals surface area contributed by atoms with Gasteiger partial charge in [-0.1, -0.05) is 49.4 Å². The summed E-state index contributed by atoms with van der Waals surface area (Å²) in [5.41, 5.74) is 3.91. The molecule has 1 aromatic heterocycles. The average Bonchev–Trinajstić information content (AvgIpc) is 2.90. The number of carbonyl (C=O) groups is 2. The lowest BCUT2D eigenvalue weighted by atomic mass is 10.1. The zero-order valence-electron chi connectivity index (χ0n) is 19.5. The maximum Gasteiger partial charge on any atom is 0.313 e. The van der Waals surface area contributed by atoms with Crippen molar-refractivity contribution in [1.82, 2.24) is 15.2 Å². The number of nitrogens with zero attached hydrogens (tertiary/aromatic N) is 3. The van der Waals surface area contributed by atoms with Gasteiger partial charge in [0.25, 0.3) is 0 Å². The van der Waals surface area contributed by atoms with E-state index in [0.717, 1.165) is 43.7 Å². The Balaban J connectivity index is 1.39. The third kappa shape index (κ3) is 5.80. The number of nitrogens with one attached hydrogen (secondary N) is 2. The lowest BCUT2D eigenvalue weighted by molar-refractivity contribution is -0.136. The van der Waals surface area contributed by atoms with Gasteiger partial charge in [0, 0.05) is 56.5 Å². The molecule has 0 unspecified atom stereocenters. The molecule has 7 nitrogen and oxygen atoms in total. The molecule has 0 bridgehead atoms. The molecule has 1 aliphatic heterocycles. The van der Waals surface area contributed by atoms with Crippen LogP contribution in [0.15, 0.2) is 79.1 Å². The van der Waals surface area contributed by atoms with E-state index in [1.54, 1.807) is 6.20 Å². The Morgan fingerprint density at radius 2 is 1.65 bits per heavy atom. The van der Waals surface area contributed by atoms with Gasteiger partial charge in [-0.15, -0.1) is 0 Å². The van der Waals surface area contributed by atoms with Crippen molar-refractivity contribution in [3.63, 3.8) is 0 Å². The third-order valence-electron chi connectivity index (χ3n) is 6.25. The number of hydrogen-bond acceptors (Lipinski definition) is 5. The van der Waals surface area contributed by atoms with Gasteiger partial charge in [0.2, 0.25) is 0 Å². The predicted molar refractivity (Wildman–Crippen MR) is 135 cm³/mol. The molecule has 176 valence electrons. The third-order valence-corrected chi connectivity index (χ3v) is 6.25. The number of rotatable bonds is 7. The summed E-state index contributed by atoms with van der Waals surface area (Å²) in [4.78, 5) is 34.2. The van der Waals surface area contributed by atoms with Crippen LogP contribution in [0.4, 0.5) is 11.4 Å². The average molecular weight is 458 g/mol. The summed E-state index contributed by atoms with van der Waals surface area (Å²) in [5, 5.41) is 5.59. The molecule has 3 aromatic rings. The summed E-state index contributed by atoms with van der Waals surface area (Å²) in [7, 11) is 0. The molecule has 1 saturated heterocycles. The van der Waals surface area contributed by atoms with Gasteiger partial charge in [-0.05, 0) is 41.8 Å². The summed E-state index contributed by atoms with van der Waals surface area (Å²) >= 11 is 0. The summed E-state index contributed by atoms with van der Waals surface area (Å²) in [6, 6.07) is 21.8. The van der Waals surface area contributed by atoms with Crippen molar-refractivity contribution in [2.75, 3.05) is 42.9 Å². The van der Waals surface area contributed by atoms with Crippen LogP contribution in [0.5, 0.6) is 0 Å². The number of pyridine rings is 1. The van der Waals surface area contributed by atoms with Crippen molar-refractivity contribution in [2.45, 2.75) is 19.4 Å². The van der Waals surface area contributed by atoms with Crippen LogP contribution in [0.25, 0.3) is 0 Å². The van der Waals surface area contributed by atoms with Gasteiger partial charge in [0.05, 0.1) is 6.04 Å². The van der Waals surface area contributed by atoms with Crippen LogP contribution in [0.3, 0.4) is 0 Å². The van der Waals surface area contributed by atoms with Crippen LogP contribution in [-0.2, 0) is 16.0 Å². The number of hydrogen-bond donors (Lipinski definition) is 2. The molecule has 4 rings (SSSR count). The van der Waals surface area contributed by atoms with E-state index >= 15 is 0 Å². The van der Waals surface area contributed by atoms with E-state index in [-0.39, 0.29) is 6.04 Å². The molecule has 1 fully saturated rings. The van der Waals surface area contributed by atoms with E-state index in [9.17, 15) is 9.59 Å². The van der Waals surface area contributed by atoms with E-state index in [0.29, 0.717) is 12.2 Å². The standard InChI is InChI=1S/C27H31N5O2/c1-2-21-9-6-7-13-24(21)30-27(34)26(33)29-20-25(22-10-8-14-28-19-22)32-17-15-31(16-18-32)23-11-4-3-5-12-23/h3-14,19,25H,2,15-18,20H2,1H3,(H,29,33)(H,30,34)/t25-/m1/s1. The highest BCUT2D eigenvalue weighted by Gasteiger charge is 2.27. The second-order valence-corrected chi connectivity index (χ2v) is 8.34.